The molecule has 1 N–H and O–H groups in total. The molecule has 3 heterocycles. The van der Waals surface area contributed by atoms with Crippen LogP contribution in [0.4, 0.5) is 0 Å². The van der Waals surface area contributed by atoms with Crippen LogP contribution in [0.5, 0.6) is 5.75 Å². The Morgan fingerprint density at radius 2 is 1.86 bits per heavy atom. The monoisotopic (exact) mass is 477 g/mol. The van der Waals surface area contributed by atoms with E-state index < -0.39 is 17.7 Å². The molecule has 8 heteroatoms. The molecule has 1 atom stereocenters. The standard InChI is InChI=1S/C27H31N3O5/c1-4-5-17-35-20-12-10-19(11-13-20)24-22(26(32)27(33)30(24)15-8-16-34-3)25(31)23-18(2)28-21-9-6-7-14-29(21)23/h6-7,9-14,24,31H,4-5,8,15-17H2,1-3H3/b25-22+. The molecule has 1 saturated heterocycles. The first-order valence-corrected chi connectivity index (χ1v) is 11.9. The molecule has 1 aliphatic heterocycles. The number of Topliss-reactive ketones (excluding diaryl/α,β-unsaturated/α-hetero) is 1. The largest absolute Gasteiger partial charge is 0.505 e. The van der Waals surface area contributed by atoms with Crippen LogP contribution < -0.4 is 4.74 Å². The molecule has 1 unspecified atom stereocenters. The number of pyridine rings is 1. The second kappa shape index (κ2) is 10.7. The quantitative estimate of drug-likeness (QED) is 0.203. The van der Waals surface area contributed by atoms with Crippen LogP contribution >= 0.6 is 0 Å². The number of benzene rings is 1. The van der Waals surface area contributed by atoms with Gasteiger partial charge in [0.25, 0.3) is 11.7 Å². The zero-order valence-electron chi connectivity index (χ0n) is 20.4. The summed E-state index contributed by atoms with van der Waals surface area (Å²) in [5.41, 5.74) is 2.39. The van der Waals surface area contributed by atoms with E-state index in [2.05, 4.69) is 11.9 Å². The number of rotatable bonds is 10. The highest BCUT2D eigenvalue weighted by atomic mass is 16.5. The zero-order chi connectivity index (χ0) is 24.9. The van der Waals surface area contributed by atoms with Crippen LogP contribution in [0.25, 0.3) is 11.4 Å². The maximum Gasteiger partial charge on any atom is 0.295 e. The van der Waals surface area contributed by atoms with E-state index in [4.69, 9.17) is 9.47 Å². The number of ether oxygens (including phenoxy) is 2. The van der Waals surface area contributed by atoms with E-state index >= 15 is 0 Å². The van der Waals surface area contributed by atoms with Crippen molar-refractivity contribution in [2.24, 2.45) is 0 Å². The first-order chi connectivity index (χ1) is 17.0. The number of aliphatic hydroxyl groups excluding tert-OH is 1. The molecule has 35 heavy (non-hydrogen) atoms. The van der Waals surface area contributed by atoms with E-state index in [0.29, 0.717) is 43.2 Å². The van der Waals surface area contributed by atoms with Crippen molar-refractivity contribution in [3.05, 3.63) is 71.2 Å². The molecule has 3 aromatic rings. The summed E-state index contributed by atoms with van der Waals surface area (Å²) in [5, 5.41) is 11.5. The number of carbonyl (C=O) groups excluding carboxylic acids is 2. The highest BCUT2D eigenvalue weighted by Gasteiger charge is 2.46. The highest BCUT2D eigenvalue weighted by molar-refractivity contribution is 6.46. The molecule has 0 radical (unpaired) electrons. The average Bonchev–Trinajstić information content (AvgIpc) is 3.33. The number of aromatic nitrogens is 2. The molecule has 0 aliphatic carbocycles. The maximum absolute atomic E-state index is 13.3. The Balaban J connectivity index is 1.80. The van der Waals surface area contributed by atoms with Gasteiger partial charge in [-0.3, -0.25) is 14.0 Å². The number of hydrogen-bond donors (Lipinski definition) is 1. The second-order valence-electron chi connectivity index (χ2n) is 8.58. The van der Waals surface area contributed by atoms with E-state index in [9.17, 15) is 14.7 Å². The molecule has 2 aromatic heterocycles. The fourth-order valence-electron chi connectivity index (χ4n) is 4.44. The van der Waals surface area contributed by atoms with Crippen molar-refractivity contribution in [2.45, 2.75) is 39.2 Å². The third-order valence-corrected chi connectivity index (χ3v) is 6.18. The minimum atomic E-state index is -0.731. The number of nitrogens with zero attached hydrogens (tertiary/aromatic N) is 3. The number of unbranched alkanes of at least 4 members (excludes halogenated alkanes) is 1. The Morgan fingerprint density at radius 3 is 2.57 bits per heavy atom. The van der Waals surface area contributed by atoms with Crippen LogP contribution in [0.2, 0.25) is 0 Å². The van der Waals surface area contributed by atoms with Gasteiger partial charge in [0.1, 0.15) is 17.1 Å². The summed E-state index contributed by atoms with van der Waals surface area (Å²) in [6.07, 6.45) is 4.33. The van der Waals surface area contributed by atoms with Gasteiger partial charge in [-0.05, 0) is 49.6 Å². The van der Waals surface area contributed by atoms with Crippen molar-refractivity contribution in [3.8, 4) is 5.75 Å². The molecular formula is C27H31N3O5. The topological polar surface area (TPSA) is 93.4 Å². The minimum absolute atomic E-state index is 0.0563. The van der Waals surface area contributed by atoms with Crippen LogP contribution in [0, 0.1) is 6.92 Å². The number of fused-ring (bicyclic) bond motifs is 1. The van der Waals surface area contributed by atoms with E-state index in [0.717, 1.165) is 24.2 Å². The summed E-state index contributed by atoms with van der Waals surface area (Å²) in [7, 11) is 1.59. The number of hydrogen-bond acceptors (Lipinski definition) is 6. The number of ketones is 1. The zero-order valence-corrected chi connectivity index (χ0v) is 20.4. The smallest absolute Gasteiger partial charge is 0.295 e. The number of aliphatic hydroxyl groups is 1. The van der Waals surface area contributed by atoms with Gasteiger partial charge >= 0.3 is 0 Å². The molecule has 1 aliphatic rings. The number of carbonyl (C=O) groups is 2. The molecule has 1 aromatic carbocycles. The van der Waals surface area contributed by atoms with E-state index in [-0.39, 0.29) is 11.3 Å². The fourth-order valence-corrected chi connectivity index (χ4v) is 4.44. The van der Waals surface area contributed by atoms with Crippen LogP contribution in [-0.2, 0) is 14.3 Å². The predicted octanol–water partition coefficient (Wildman–Crippen LogP) is 4.28. The minimum Gasteiger partial charge on any atom is -0.505 e. The number of aryl methyl sites for hydroxylation is 1. The molecule has 1 fully saturated rings. The Morgan fingerprint density at radius 1 is 1.09 bits per heavy atom. The molecule has 8 nitrogen and oxygen atoms in total. The summed E-state index contributed by atoms with van der Waals surface area (Å²) in [4.78, 5) is 32.4. The normalized spacial score (nSPS) is 17.5. The first-order valence-electron chi connectivity index (χ1n) is 11.9. The van der Waals surface area contributed by atoms with E-state index in [1.54, 1.807) is 24.6 Å². The number of amides is 1. The van der Waals surface area contributed by atoms with Crippen LogP contribution in [0.1, 0.15) is 49.2 Å². The molecule has 4 rings (SSSR count). The lowest BCUT2D eigenvalue weighted by Gasteiger charge is -2.25. The summed E-state index contributed by atoms with van der Waals surface area (Å²) in [6, 6.07) is 12.1. The second-order valence-corrected chi connectivity index (χ2v) is 8.58. The maximum atomic E-state index is 13.3. The SMILES string of the molecule is CCCCOc1ccc(C2/C(=C(\O)c3c(C)nc4ccccn34)C(=O)C(=O)N2CCCOC)cc1. The van der Waals surface area contributed by atoms with E-state index in [1.165, 1.54) is 4.90 Å². The summed E-state index contributed by atoms with van der Waals surface area (Å²) in [5.74, 6) is -0.862. The van der Waals surface area contributed by atoms with Crippen molar-refractivity contribution in [1.82, 2.24) is 14.3 Å². The summed E-state index contributed by atoms with van der Waals surface area (Å²) < 4.78 is 12.7. The molecule has 0 saturated carbocycles. The van der Waals surface area contributed by atoms with Crippen molar-refractivity contribution in [2.75, 3.05) is 26.9 Å². The van der Waals surface area contributed by atoms with Crippen LogP contribution in [0.3, 0.4) is 0 Å². The number of methoxy groups -OCH3 is 1. The number of imidazole rings is 1. The van der Waals surface area contributed by atoms with Gasteiger partial charge in [0.2, 0.25) is 0 Å². The lowest BCUT2D eigenvalue weighted by molar-refractivity contribution is -0.140. The first kappa shape index (κ1) is 24.5. The molecule has 0 spiro atoms. The van der Waals surface area contributed by atoms with Gasteiger partial charge in [-0.25, -0.2) is 4.98 Å². The lowest BCUT2D eigenvalue weighted by Crippen LogP contribution is -2.31. The van der Waals surface area contributed by atoms with E-state index in [1.807, 2.05) is 42.5 Å². The number of likely N-dealkylation sites (tertiary alicyclic amines) is 1. The van der Waals surface area contributed by atoms with Crippen LogP contribution in [0.15, 0.2) is 54.2 Å². The Kier molecular flexibility index (Phi) is 7.51. The Labute approximate surface area is 204 Å². The molecule has 1 amide bonds. The van der Waals surface area contributed by atoms with Gasteiger partial charge in [0.05, 0.1) is 23.9 Å². The van der Waals surface area contributed by atoms with Crippen molar-refractivity contribution in [1.29, 1.82) is 0 Å². The highest BCUT2D eigenvalue weighted by Crippen LogP contribution is 2.40. The average molecular weight is 478 g/mol. The van der Waals surface area contributed by atoms with Gasteiger partial charge in [-0.15, -0.1) is 0 Å². The molecule has 0 bridgehead atoms. The Bertz CT molecular complexity index is 1250. The van der Waals surface area contributed by atoms with Gasteiger partial charge in [-0.1, -0.05) is 31.5 Å². The van der Waals surface area contributed by atoms with Crippen molar-refractivity contribution in [3.63, 3.8) is 0 Å². The van der Waals surface area contributed by atoms with Crippen molar-refractivity contribution < 1.29 is 24.2 Å². The van der Waals surface area contributed by atoms with Gasteiger partial charge in [0, 0.05) is 26.5 Å². The van der Waals surface area contributed by atoms with Crippen LogP contribution in [-0.4, -0.2) is 57.9 Å². The molecule has 184 valence electrons. The Hall–Kier alpha value is -3.65. The van der Waals surface area contributed by atoms with Gasteiger partial charge in [0.15, 0.2) is 5.76 Å². The van der Waals surface area contributed by atoms with Gasteiger partial charge in [-0.2, -0.15) is 0 Å². The third kappa shape index (κ3) is 4.79. The van der Waals surface area contributed by atoms with Crippen molar-refractivity contribution >= 4 is 23.1 Å². The summed E-state index contributed by atoms with van der Waals surface area (Å²) >= 11 is 0. The molecular weight excluding hydrogens is 446 g/mol. The van der Waals surface area contributed by atoms with Gasteiger partial charge < -0.3 is 19.5 Å². The lowest BCUT2D eigenvalue weighted by atomic mass is 9.96. The predicted molar refractivity (Wildman–Crippen MR) is 132 cm³/mol. The fraction of sp³-hybridized carbons (Fsp3) is 0.370. The third-order valence-electron chi connectivity index (χ3n) is 6.18. The summed E-state index contributed by atoms with van der Waals surface area (Å²) in [6.45, 7) is 5.27.